The van der Waals surface area contributed by atoms with Gasteiger partial charge in [0.05, 0.1) is 0 Å². The summed E-state index contributed by atoms with van der Waals surface area (Å²) in [6, 6.07) is 27.3. The fourth-order valence-corrected chi connectivity index (χ4v) is 5.81. The fraction of sp³-hybridized carbons (Fsp3) is 0.444. The van der Waals surface area contributed by atoms with Crippen molar-refractivity contribution in [1.82, 2.24) is 10.6 Å². The average molecular weight is 829 g/mol. The minimum absolute atomic E-state index is 0.0572. The van der Waals surface area contributed by atoms with Crippen LogP contribution in [0.1, 0.15) is 68.2 Å². The van der Waals surface area contributed by atoms with Gasteiger partial charge in [-0.1, -0.05) is 106 Å². The van der Waals surface area contributed by atoms with E-state index in [4.69, 9.17) is 18.9 Å². The molecule has 322 valence electrons. The lowest BCUT2D eigenvalue weighted by Gasteiger charge is -2.23. The third kappa shape index (κ3) is 14.1. The maximum atomic E-state index is 12.5. The summed E-state index contributed by atoms with van der Waals surface area (Å²) in [5.41, 5.74) is -3.71. The molecular formula is C45H56N4O11. The number of benzene rings is 4. The third-order valence-corrected chi connectivity index (χ3v) is 9.41. The first kappa shape index (κ1) is 48.4. The van der Waals surface area contributed by atoms with Crippen LogP contribution in [0.3, 0.4) is 0 Å². The van der Waals surface area contributed by atoms with Gasteiger partial charge in [0.15, 0.2) is 17.1 Å². The summed E-state index contributed by atoms with van der Waals surface area (Å²) in [5, 5.41) is 15.8. The fourth-order valence-electron chi connectivity index (χ4n) is 5.81. The second kappa shape index (κ2) is 23.0. The lowest BCUT2D eigenvalue weighted by Crippen LogP contribution is -2.43. The van der Waals surface area contributed by atoms with E-state index < -0.39 is 52.6 Å². The Morgan fingerprint density at radius 3 is 1.47 bits per heavy atom. The second-order valence-electron chi connectivity index (χ2n) is 15.4. The number of rotatable bonds is 23. The van der Waals surface area contributed by atoms with Crippen LogP contribution in [0.4, 0.5) is 0 Å². The molecule has 0 radical (unpaired) electrons. The summed E-state index contributed by atoms with van der Waals surface area (Å²) < 4.78 is 22.7. The van der Waals surface area contributed by atoms with E-state index >= 15 is 0 Å². The first-order chi connectivity index (χ1) is 28.4. The molecule has 0 fully saturated rings. The van der Waals surface area contributed by atoms with E-state index in [1.807, 2.05) is 113 Å². The van der Waals surface area contributed by atoms with E-state index in [1.54, 1.807) is 0 Å². The molecule has 0 heterocycles. The van der Waals surface area contributed by atoms with Gasteiger partial charge in [0.1, 0.15) is 36.9 Å². The van der Waals surface area contributed by atoms with Crippen LogP contribution in [0.25, 0.3) is 21.5 Å². The average Bonchev–Trinajstić information content (AvgIpc) is 3.22. The van der Waals surface area contributed by atoms with Crippen molar-refractivity contribution < 1.29 is 42.9 Å². The van der Waals surface area contributed by atoms with Crippen LogP contribution < -0.4 is 20.1 Å². The van der Waals surface area contributed by atoms with Gasteiger partial charge < -0.3 is 29.6 Å². The number of esters is 2. The normalized spacial score (nSPS) is 12.5. The molecule has 15 heteroatoms. The van der Waals surface area contributed by atoms with Gasteiger partial charge in [0, 0.05) is 48.8 Å². The van der Waals surface area contributed by atoms with Crippen molar-refractivity contribution in [2.75, 3.05) is 26.3 Å². The number of nitrogens with one attached hydrogen (secondary N) is 2. The predicted molar refractivity (Wildman–Crippen MR) is 229 cm³/mol. The number of fused-ring (bicyclic) bond motifs is 2. The molecule has 4 aromatic rings. The van der Waals surface area contributed by atoms with Gasteiger partial charge in [0.2, 0.25) is 5.54 Å². The number of ketones is 3. The third-order valence-electron chi connectivity index (χ3n) is 9.41. The van der Waals surface area contributed by atoms with E-state index in [0.717, 1.165) is 35.4 Å². The minimum Gasteiger partial charge on any atom is -0.489 e. The summed E-state index contributed by atoms with van der Waals surface area (Å²) >= 11 is 0. The molecule has 15 nitrogen and oxygen atoms in total. The maximum absolute atomic E-state index is 12.5. The smallest absolute Gasteiger partial charge is 0.377 e. The van der Waals surface area contributed by atoms with Gasteiger partial charge in [-0.15, -0.1) is 9.81 Å². The lowest BCUT2D eigenvalue weighted by molar-refractivity contribution is -0.160. The number of hydrogen-bond donors (Lipinski definition) is 2. The Balaban J connectivity index is 0.000000323. The molecule has 4 rings (SSSR count). The number of carbonyl (C=O) groups is 5. The maximum Gasteiger partial charge on any atom is 0.377 e. The van der Waals surface area contributed by atoms with Crippen molar-refractivity contribution >= 4 is 50.8 Å². The summed E-state index contributed by atoms with van der Waals surface area (Å²) in [4.78, 5) is 82.4. The summed E-state index contributed by atoms with van der Waals surface area (Å²) in [6.07, 6.45) is -1.94. The van der Waals surface area contributed by atoms with Crippen molar-refractivity contribution in [3.05, 3.63) is 94.7 Å². The summed E-state index contributed by atoms with van der Waals surface area (Å²) in [6.45, 7) is 13.4. The van der Waals surface area contributed by atoms with Crippen molar-refractivity contribution in [1.29, 1.82) is 0 Å². The molecule has 2 N–H and O–H groups in total. The van der Waals surface area contributed by atoms with E-state index in [-0.39, 0.29) is 38.1 Å². The molecular weight excluding hydrogens is 773 g/mol. The van der Waals surface area contributed by atoms with Crippen LogP contribution in [-0.4, -0.2) is 91.0 Å². The highest BCUT2D eigenvalue weighted by Crippen LogP contribution is 2.27. The molecule has 2 atom stereocenters. The van der Waals surface area contributed by atoms with E-state index in [2.05, 4.69) is 21.0 Å². The number of Topliss-reactive ketones (excluding diaryl/α,β-unsaturated/α-hetero) is 3. The van der Waals surface area contributed by atoms with Crippen molar-refractivity contribution in [3.8, 4) is 11.5 Å². The van der Waals surface area contributed by atoms with Gasteiger partial charge in [-0.3, -0.25) is 19.2 Å². The number of nitroso groups, excluding NO2 is 2. The molecule has 0 saturated heterocycles. The Labute approximate surface area is 350 Å². The highest BCUT2D eigenvalue weighted by molar-refractivity contribution is 6.37. The van der Waals surface area contributed by atoms with Crippen LogP contribution in [0.15, 0.2) is 95.3 Å². The highest BCUT2D eigenvalue weighted by Gasteiger charge is 2.43. The lowest BCUT2D eigenvalue weighted by atomic mass is 9.86. The summed E-state index contributed by atoms with van der Waals surface area (Å²) in [5.74, 6) is -2.77. The zero-order valence-electron chi connectivity index (χ0n) is 35.5. The molecule has 0 amide bonds. The molecule has 0 saturated carbocycles. The molecule has 0 spiro atoms. The Kier molecular flexibility index (Phi) is 18.6. The van der Waals surface area contributed by atoms with Crippen LogP contribution in [0, 0.1) is 9.81 Å². The SMILES string of the molecule is CC(=O)C(CCC(=O)OC(CNC(C)C)COc1cccc2ccccc12)(N=O)C(C)=O.CC(C)NCC(COc1cccc2ccccc12)OC(=O)C(=O)C(C)(C)N=O. The standard InChI is InChI=1S/C24H30N2O6.C21H26N2O5/c1-16(2)25-14-20(15-31-22-11-7-9-19-8-5-6-10-21(19)22)32-23(29)12-13-24(26-30,17(3)27)18(4)28;1-14(2)22-12-16(28-20(25)19(24)21(3,4)23-26)13-27-18-11-7-9-15-8-5-6-10-17(15)18/h5-11,16,20,25H,12-15H2,1-4H3;5-11,14,16,22H,12-13H2,1-4H3. The minimum atomic E-state index is -2.05. The molecule has 60 heavy (non-hydrogen) atoms. The summed E-state index contributed by atoms with van der Waals surface area (Å²) in [7, 11) is 0. The monoisotopic (exact) mass is 828 g/mol. The van der Waals surface area contributed by atoms with E-state index in [1.165, 1.54) is 13.8 Å². The van der Waals surface area contributed by atoms with Crippen molar-refractivity contribution in [2.45, 2.75) is 104 Å². The zero-order chi connectivity index (χ0) is 44.5. The van der Waals surface area contributed by atoms with Crippen LogP contribution in [0.2, 0.25) is 0 Å². The van der Waals surface area contributed by atoms with Crippen LogP contribution >= 0.6 is 0 Å². The van der Waals surface area contributed by atoms with Crippen LogP contribution in [-0.2, 0) is 33.4 Å². The first-order valence-corrected chi connectivity index (χ1v) is 19.8. The number of carbonyl (C=O) groups excluding carboxylic acids is 5. The molecule has 0 aliphatic carbocycles. The highest BCUT2D eigenvalue weighted by atomic mass is 16.6. The molecule has 4 aromatic carbocycles. The molecule has 0 aliphatic rings. The molecule has 0 bridgehead atoms. The topological polar surface area (TPSA) is 205 Å². The number of ether oxygens (including phenoxy) is 4. The van der Waals surface area contributed by atoms with Gasteiger partial charge in [0.25, 0.3) is 5.78 Å². The quantitative estimate of drug-likeness (QED) is 0.0341. The van der Waals surface area contributed by atoms with Gasteiger partial charge in [-0.2, -0.15) is 0 Å². The first-order valence-electron chi connectivity index (χ1n) is 19.8. The Morgan fingerprint density at radius 1 is 0.617 bits per heavy atom. The molecule has 0 aromatic heterocycles. The number of nitrogens with zero attached hydrogens (tertiary/aromatic N) is 2. The Hall–Kier alpha value is -5.93. The van der Waals surface area contributed by atoms with Crippen molar-refractivity contribution in [2.24, 2.45) is 10.4 Å². The van der Waals surface area contributed by atoms with E-state index in [9.17, 15) is 33.8 Å². The van der Waals surface area contributed by atoms with E-state index in [0.29, 0.717) is 24.6 Å². The van der Waals surface area contributed by atoms with Gasteiger partial charge >= 0.3 is 11.9 Å². The molecule has 0 aliphatic heterocycles. The molecule has 2 unspecified atom stereocenters. The second-order valence-corrected chi connectivity index (χ2v) is 15.4. The predicted octanol–water partition coefficient (Wildman–Crippen LogP) is 6.83. The number of hydrogen-bond acceptors (Lipinski definition) is 15. The van der Waals surface area contributed by atoms with Gasteiger partial charge in [-0.05, 0) is 55.8 Å². The van der Waals surface area contributed by atoms with Crippen LogP contribution in [0.5, 0.6) is 11.5 Å². The van der Waals surface area contributed by atoms with Crippen molar-refractivity contribution in [3.63, 3.8) is 0 Å². The largest absolute Gasteiger partial charge is 0.489 e. The van der Waals surface area contributed by atoms with Gasteiger partial charge in [-0.25, -0.2) is 4.79 Å². The Morgan fingerprint density at radius 2 is 1.05 bits per heavy atom. The Bertz CT molecular complexity index is 2090. The zero-order valence-corrected chi connectivity index (χ0v) is 35.5.